The molecule has 0 atom stereocenters. The SMILES string of the molecule is c1ccc2c(c1)ncn2CCCNCC1CCCCCC1. The number of fused-ring (bicyclic) bond motifs is 1. The zero-order valence-electron chi connectivity index (χ0n) is 12.9. The summed E-state index contributed by atoms with van der Waals surface area (Å²) in [6.45, 7) is 3.38. The van der Waals surface area contributed by atoms with Gasteiger partial charge < -0.3 is 9.88 Å². The molecule has 1 aromatic heterocycles. The summed E-state index contributed by atoms with van der Waals surface area (Å²) in [4.78, 5) is 4.44. The van der Waals surface area contributed by atoms with Crippen LogP contribution in [0.5, 0.6) is 0 Å². The molecule has 0 aliphatic heterocycles. The van der Waals surface area contributed by atoms with Crippen molar-refractivity contribution in [3.63, 3.8) is 0 Å². The predicted molar refractivity (Wildman–Crippen MR) is 88.4 cm³/mol. The van der Waals surface area contributed by atoms with Gasteiger partial charge in [-0.3, -0.25) is 0 Å². The quantitative estimate of drug-likeness (QED) is 0.642. The van der Waals surface area contributed by atoms with Crippen LogP contribution in [0.1, 0.15) is 44.9 Å². The Labute approximate surface area is 127 Å². The second kappa shape index (κ2) is 7.60. The lowest BCUT2D eigenvalue weighted by molar-refractivity contribution is 0.420. The van der Waals surface area contributed by atoms with Gasteiger partial charge in [0.05, 0.1) is 17.4 Å². The first-order valence-corrected chi connectivity index (χ1v) is 8.54. The zero-order chi connectivity index (χ0) is 14.3. The molecule has 3 rings (SSSR count). The van der Waals surface area contributed by atoms with Crippen LogP contribution in [0.15, 0.2) is 30.6 Å². The highest BCUT2D eigenvalue weighted by molar-refractivity contribution is 5.74. The highest BCUT2D eigenvalue weighted by Crippen LogP contribution is 2.22. The number of imidazole rings is 1. The largest absolute Gasteiger partial charge is 0.331 e. The van der Waals surface area contributed by atoms with Gasteiger partial charge in [-0.25, -0.2) is 4.98 Å². The van der Waals surface area contributed by atoms with Crippen molar-refractivity contribution in [3.05, 3.63) is 30.6 Å². The first kappa shape index (κ1) is 14.6. The number of benzene rings is 1. The average molecular weight is 285 g/mol. The van der Waals surface area contributed by atoms with Crippen LogP contribution < -0.4 is 5.32 Å². The molecule has 0 unspecified atom stereocenters. The van der Waals surface area contributed by atoms with Gasteiger partial charge in [-0.1, -0.05) is 37.8 Å². The molecule has 0 spiro atoms. The van der Waals surface area contributed by atoms with Gasteiger partial charge in [0.2, 0.25) is 0 Å². The van der Waals surface area contributed by atoms with Crippen LogP contribution in [0.3, 0.4) is 0 Å². The number of aromatic nitrogens is 2. The Balaban J connectivity index is 1.38. The van der Waals surface area contributed by atoms with Gasteiger partial charge in [-0.15, -0.1) is 0 Å². The minimum Gasteiger partial charge on any atom is -0.331 e. The lowest BCUT2D eigenvalue weighted by Gasteiger charge is -2.14. The highest BCUT2D eigenvalue weighted by Gasteiger charge is 2.11. The second-order valence-electron chi connectivity index (χ2n) is 6.34. The van der Waals surface area contributed by atoms with Crippen molar-refractivity contribution in [3.8, 4) is 0 Å². The summed E-state index contributed by atoms with van der Waals surface area (Å²) in [7, 11) is 0. The van der Waals surface area contributed by atoms with E-state index in [0.717, 1.165) is 24.5 Å². The second-order valence-corrected chi connectivity index (χ2v) is 6.34. The molecule has 3 nitrogen and oxygen atoms in total. The van der Waals surface area contributed by atoms with Crippen LogP contribution in [0.2, 0.25) is 0 Å². The van der Waals surface area contributed by atoms with Gasteiger partial charge in [0.15, 0.2) is 0 Å². The average Bonchev–Trinajstić information content (AvgIpc) is 2.75. The van der Waals surface area contributed by atoms with E-state index in [9.17, 15) is 0 Å². The Kier molecular flexibility index (Phi) is 5.28. The maximum absolute atomic E-state index is 4.44. The van der Waals surface area contributed by atoms with E-state index in [1.807, 2.05) is 12.4 Å². The van der Waals surface area contributed by atoms with Crippen LogP contribution in [-0.2, 0) is 6.54 Å². The summed E-state index contributed by atoms with van der Waals surface area (Å²) >= 11 is 0. The summed E-state index contributed by atoms with van der Waals surface area (Å²) in [5.74, 6) is 0.918. The molecule has 0 saturated heterocycles. The molecule has 1 heterocycles. The van der Waals surface area contributed by atoms with Crippen molar-refractivity contribution in [2.24, 2.45) is 5.92 Å². The van der Waals surface area contributed by atoms with E-state index in [4.69, 9.17) is 0 Å². The minimum absolute atomic E-state index is 0.918. The van der Waals surface area contributed by atoms with Crippen LogP contribution in [0.25, 0.3) is 11.0 Å². The minimum atomic E-state index is 0.918. The predicted octanol–water partition coefficient (Wildman–Crippen LogP) is 3.99. The van der Waals surface area contributed by atoms with Crippen molar-refractivity contribution < 1.29 is 0 Å². The molecule has 114 valence electrons. The molecule has 21 heavy (non-hydrogen) atoms. The number of hydrogen-bond donors (Lipinski definition) is 1. The van der Waals surface area contributed by atoms with Crippen LogP contribution in [-0.4, -0.2) is 22.6 Å². The Hall–Kier alpha value is -1.35. The molecule has 1 N–H and O–H groups in total. The Morgan fingerprint density at radius 1 is 1.10 bits per heavy atom. The fourth-order valence-electron chi connectivity index (χ4n) is 3.44. The zero-order valence-corrected chi connectivity index (χ0v) is 12.9. The van der Waals surface area contributed by atoms with Crippen molar-refractivity contribution in [1.82, 2.24) is 14.9 Å². The van der Waals surface area contributed by atoms with Crippen LogP contribution in [0, 0.1) is 5.92 Å². The van der Waals surface area contributed by atoms with Crippen molar-refractivity contribution >= 4 is 11.0 Å². The molecule has 1 fully saturated rings. The molecule has 1 saturated carbocycles. The molecule has 1 aliphatic rings. The third kappa shape index (κ3) is 4.07. The van der Waals surface area contributed by atoms with Crippen LogP contribution in [0.4, 0.5) is 0 Å². The maximum atomic E-state index is 4.44. The molecule has 1 aromatic carbocycles. The fraction of sp³-hybridized carbons (Fsp3) is 0.611. The van der Waals surface area contributed by atoms with Crippen LogP contribution >= 0.6 is 0 Å². The molecule has 0 bridgehead atoms. The van der Waals surface area contributed by atoms with Gasteiger partial charge in [0, 0.05) is 6.54 Å². The van der Waals surface area contributed by atoms with E-state index in [1.54, 1.807) is 0 Å². The van der Waals surface area contributed by atoms with Crippen molar-refractivity contribution in [1.29, 1.82) is 0 Å². The Bertz CT molecular complexity index is 538. The molecule has 0 radical (unpaired) electrons. The molecule has 0 amide bonds. The number of nitrogens with zero attached hydrogens (tertiary/aromatic N) is 2. The van der Waals surface area contributed by atoms with Gasteiger partial charge in [0.1, 0.15) is 0 Å². The lowest BCUT2D eigenvalue weighted by Crippen LogP contribution is -2.24. The molecular weight excluding hydrogens is 258 g/mol. The van der Waals surface area contributed by atoms with Crippen molar-refractivity contribution in [2.75, 3.05) is 13.1 Å². The summed E-state index contributed by atoms with van der Waals surface area (Å²) in [6, 6.07) is 8.37. The van der Waals surface area contributed by atoms with Gasteiger partial charge in [-0.05, 0) is 50.4 Å². The fourth-order valence-corrected chi connectivity index (χ4v) is 3.44. The molecule has 2 aromatic rings. The lowest BCUT2D eigenvalue weighted by atomic mass is 10.0. The standard InChI is InChI=1S/C18H27N3/c1-2-4-9-16(8-3-1)14-19-12-7-13-21-15-20-17-10-5-6-11-18(17)21/h5-6,10-11,15-16,19H,1-4,7-9,12-14H2. The number of nitrogens with one attached hydrogen (secondary N) is 1. The summed E-state index contributed by atoms with van der Waals surface area (Å²) in [5.41, 5.74) is 2.35. The number of aryl methyl sites for hydroxylation is 1. The normalized spacial score (nSPS) is 17.1. The highest BCUT2D eigenvalue weighted by atomic mass is 15.0. The van der Waals surface area contributed by atoms with E-state index in [1.165, 1.54) is 57.0 Å². The monoisotopic (exact) mass is 285 g/mol. The van der Waals surface area contributed by atoms with E-state index in [-0.39, 0.29) is 0 Å². The first-order valence-electron chi connectivity index (χ1n) is 8.54. The summed E-state index contributed by atoms with van der Waals surface area (Å²) in [5, 5.41) is 3.66. The number of rotatable bonds is 6. The molecule has 1 aliphatic carbocycles. The van der Waals surface area contributed by atoms with E-state index in [0.29, 0.717) is 0 Å². The molecule has 3 heteroatoms. The number of hydrogen-bond acceptors (Lipinski definition) is 2. The Morgan fingerprint density at radius 3 is 2.76 bits per heavy atom. The number of para-hydroxylation sites is 2. The third-order valence-corrected chi connectivity index (χ3v) is 4.69. The smallest absolute Gasteiger partial charge is 0.0958 e. The van der Waals surface area contributed by atoms with Gasteiger partial charge in [0.25, 0.3) is 0 Å². The van der Waals surface area contributed by atoms with E-state index < -0.39 is 0 Å². The first-order chi connectivity index (χ1) is 10.4. The van der Waals surface area contributed by atoms with Gasteiger partial charge in [-0.2, -0.15) is 0 Å². The molecular formula is C18H27N3. The summed E-state index contributed by atoms with van der Waals surface area (Å²) < 4.78 is 2.27. The maximum Gasteiger partial charge on any atom is 0.0958 e. The van der Waals surface area contributed by atoms with Crippen molar-refractivity contribution in [2.45, 2.75) is 51.5 Å². The van der Waals surface area contributed by atoms with E-state index in [2.05, 4.69) is 33.1 Å². The van der Waals surface area contributed by atoms with Gasteiger partial charge >= 0.3 is 0 Å². The third-order valence-electron chi connectivity index (χ3n) is 4.69. The van der Waals surface area contributed by atoms with E-state index >= 15 is 0 Å². The topological polar surface area (TPSA) is 29.9 Å². The Morgan fingerprint density at radius 2 is 1.90 bits per heavy atom. The summed E-state index contributed by atoms with van der Waals surface area (Å²) in [6.07, 6.45) is 11.8.